The molecule has 0 rings (SSSR count). The number of primary amides is 1. The second-order valence-electron chi connectivity index (χ2n) is 4.31. The zero-order chi connectivity index (χ0) is 14.5. The number of carbonyl (C=O) groups excluding carboxylic acids is 2. The van der Waals surface area contributed by atoms with Gasteiger partial charge in [-0.15, -0.1) is 0 Å². The molecule has 0 unspecified atom stereocenters. The van der Waals surface area contributed by atoms with Gasteiger partial charge >= 0.3 is 12.0 Å². The van der Waals surface area contributed by atoms with Crippen LogP contribution in [0.2, 0.25) is 0 Å². The first-order chi connectivity index (χ1) is 9.02. The van der Waals surface area contributed by atoms with Gasteiger partial charge < -0.3 is 21.5 Å². The number of carboxylic acid groups (broad SMARTS) is 1. The monoisotopic (exact) mass is 273 g/mol. The van der Waals surface area contributed by atoms with Crippen LogP contribution in [0.15, 0.2) is 0 Å². The first kappa shape index (κ1) is 17.2. The number of hydrogen-bond donors (Lipinski definition) is 4. The van der Waals surface area contributed by atoms with E-state index in [0.717, 1.165) is 19.3 Å². The van der Waals surface area contributed by atoms with Crippen LogP contribution in [-0.4, -0.2) is 36.1 Å². The Morgan fingerprint density at radius 1 is 0.842 bits per heavy atom. The third kappa shape index (κ3) is 14.1. The van der Waals surface area contributed by atoms with Gasteiger partial charge in [-0.2, -0.15) is 0 Å². The first-order valence-electron chi connectivity index (χ1n) is 6.54. The maximum atomic E-state index is 11.3. The highest BCUT2D eigenvalue weighted by atomic mass is 16.4. The van der Waals surface area contributed by atoms with Crippen molar-refractivity contribution >= 4 is 17.9 Å². The standard InChI is InChI=1S/C12H23N3O4/c13-10(16)6-3-5-9-15-12(19)14-8-4-1-2-7-11(17)18/h1-9H2,(H2,13,16)(H,17,18)(H2,14,15,19). The molecular formula is C12H23N3O4. The van der Waals surface area contributed by atoms with Crippen LogP contribution in [0.25, 0.3) is 0 Å². The summed E-state index contributed by atoms with van der Waals surface area (Å²) < 4.78 is 0. The van der Waals surface area contributed by atoms with Crippen molar-refractivity contribution in [2.24, 2.45) is 5.73 Å². The molecule has 0 spiro atoms. The van der Waals surface area contributed by atoms with Gasteiger partial charge in [-0.25, -0.2) is 4.79 Å². The maximum Gasteiger partial charge on any atom is 0.314 e. The van der Waals surface area contributed by atoms with E-state index >= 15 is 0 Å². The second-order valence-corrected chi connectivity index (χ2v) is 4.31. The summed E-state index contributed by atoms with van der Waals surface area (Å²) in [6.07, 6.45) is 4.08. The molecule has 3 amide bonds. The van der Waals surface area contributed by atoms with Crippen LogP contribution in [0.1, 0.15) is 44.9 Å². The number of hydrogen-bond acceptors (Lipinski definition) is 3. The normalized spacial score (nSPS) is 9.89. The zero-order valence-electron chi connectivity index (χ0n) is 11.1. The predicted molar refractivity (Wildman–Crippen MR) is 70.6 cm³/mol. The number of aliphatic carboxylic acids is 1. The van der Waals surface area contributed by atoms with Gasteiger partial charge in [0.25, 0.3) is 0 Å². The van der Waals surface area contributed by atoms with Crippen molar-refractivity contribution in [2.75, 3.05) is 13.1 Å². The minimum absolute atomic E-state index is 0.173. The van der Waals surface area contributed by atoms with E-state index in [0.29, 0.717) is 32.4 Å². The molecule has 5 N–H and O–H groups in total. The molecule has 0 saturated carbocycles. The van der Waals surface area contributed by atoms with Crippen molar-refractivity contribution in [3.8, 4) is 0 Å². The molecule has 0 aliphatic heterocycles. The number of urea groups is 1. The number of amides is 3. The van der Waals surface area contributed by atoms with Gasteiger partial charge in [0.15, 0.2) is 0 Å². The summed E-state index contributed by atoms with van der Waals surface area (Å²) >= 11 is 0. The Bertz CT molecular complexity index is 295. The SMILES string of the molecule is NC(=O)CCCCNC(=O)NCCCCCC(=O)O. The molecule has 0 aromatic carbocycles. The van der Waals surface area contributed by atoms with Crippen molar-refractivity contribution in [3.63, 3.8) is 0 Å². The molecule has 0 heterocycles. The molecule has 0 saturated heterocycles. The molecule has 0 aromatic heterocycles. The predicted octanol–water partition coefficient (Wildman–Crippen LogP) is 0.586. The number of nitrogens with two attached hydrogens (primary N) is 1. The number of unbranched alkanes of at least 4 members (excludes halogenated alkanes) is 3. The van der Waals surface area contributed by atoms with E-state index in [1.165, 1.54) is 0 Å². The van der Waals surface area contributed by atoms with Crippen LogP contribution in [0.3, 0.4) is 0 Å². The topological polar surface area (TPSA) is 122 Å². The van der Waals surface area contributed by atoms with Gasteiger partial charge in [-0.05, 0) is 25.7 Å². The largest absolute Gasteiger partial charge is 0.481 e. The molecule has 0 aliphatic carbocycles. The van der Waals surface area contributed by atoms with Crippen LogP contribution in [0.5, 0.6) is 0 Å². The zero-order valence-corrected chi connectivity index (χ0v) is 11.1. The smallest absolute Gasteiger partial charge is 0.314 e. The van der Waals surface area contributed by atoms with Gasteiger partial charge in [0.2, 0.25) is 5.91 Å². The fraction of sp³-hybridized carbons (Fsp3) is 0.750. The average Bonchev–Trinajstić information content (AvgIpc) is 2.32. The Balaban J connectivity index is 3.26. The van der Waals surface area contributed by atoms with Crippen molar-refractivity contribution in [2.45, 2.75) is 44.9 Å². The van der Waals surface area contributed by atoms with Gasteiger partial charge in [0, 0.05) is 25.9 Å². The number of carboxylic acids is 1. The van der Waals surface area contributed by atoms with E-state index in [1.54, 1.807) is 0 Å². The molecule has 0 radical (unpaired) electrons. The third-order valence-electron chi connectivity index (χ3n) is 2.49. The summed E-state index contributed by atoms with van der Waals surface area (Å²) in [6.45, 7) is 1.05. The van der Waals surface area contributed by atoms with E-state index < -0.39 is 5.97 Å². The van der Waals surface area contributed by atoms with Gasteiger partial charge in [-0.1, -0.05) is 6.42 Å². The summed E-state index contributed by atoms with van der Waals surface area (Å²) in [6, 6.07) is -0.239. The minimum atomic E-state index is -0.790. The molecule has 0 fully saturated rings. The highest BCUT2D eigenvalue weighted by Gasteiger charge is 2.00. The maximum absolute atomic E-state index is 11.3. The fourth-order valence-corrected chi connectivity index (χ4v) is 1.47. The lowest BCUT2D eigenvalue weighted by Crippen LogP contribution is -2.36. The summed E-state index contributed by atoms with van der Waals surface area (Å²) in [5.41, 5.74) is 4.98. The van der Waals surface area contributed by atoms with Crippen molar-refractivity contribution < 1.29 is 19.5 Å². The quantitative estimate of drug-likeness (QED) is 0.411. The molecule has 0 aromatic rings. The van der Waals surface area contributed by atoms with Crippen LogP contribution >= 0.6 is 0 Å². The van der Waals surface area contributed by atoms with Gasteiger partial charge in [0.1, 0.15) is 0 Å². The molecule has 110 valence electrons. The molecule has 0 bridgehead atoms. The number of nitrogens with one attached hydrogen (secondary N) is 2. The molecule has 0 atom stereocenters. The van der Waals surface area contributed by atoms with Crippen LogP contribution in [-0.2, 0) is 9.59 Å². The Morgan fingerprint density at radius 2 is 1.37 bits per heavy atom. The van der Waals surface area contributed by atoms with E-state index in [-0.39, 0.29) is 18.4 Å². The first-order valence-corrected chi connectivity index (χ1v) is 6.54. The summed E-state index contributed by atoms with van der Waals surface area (Å²) in [5.74, 6) is -1.12. The van der Waals surface area contributed by atoms with Crippen molar-refractivity contribution in [1.29, 1.82) is 0 Å². The number of carbonyl (C=O) groups is 3. The van der Waals surface area contributed by atoms with E-state index in [4.69, 9.17) is 10.8 Å². The van der Waals surface area contributed by atoms with Gasteiger partial charge in [0.05, 0.1) is 0 Å². The molecule has 19 heavy (non-hydrogen) atoms. The number of rotatable bonds is 11. The minimum Gasteiger partial charge on any atom is -0.481 e. The highest BCUT2D eigenvalue weighted by Crippen LogP contribution is 1.98. The lowest BCUT2D eigenvalue weighted by molar-refractivity contribution is -0.137. The Labute approximate surface area is 112 Å². The summed E-state index contributed by atoms with van der Waals surface area (Å²) in [7, 11) is 0. The third-order valence-corrected chi connectivity index (χ3v) is 2.49. The van der Waals surface area contributed by atoms with E-state index in [9.17, 15) is 14.4 Å². The van der Waals surface area contributed by atoms with Crippen LogP contribution < -0.4 is 16.4 Å². The summed E-state index contributed by atoms with van der Waals surface area (Å²) in [5, 5.41) is 13.8. The van der Waals surface area contributed by atoms with Gasteiger partial charge in [-0.3, -0.25) is 9.59 Å². The van der Waals surface area contributed by atoms with Crippen LogP contribution in [0, 0.1) is 0 Å². The molecular weight excluding hydrogens is 250 g/mol. The average molecular weight is 273 g/mol. The lowest BCUT2D eigenvalue weighted by Gasteiger charge is -2.07. The van der Waals surface area contributed by atoms with E-state index in [1.807, 2.05) is 0 Å². The lowest BCUT2D eigenvalue weighted by atomic mass is 10.2. The molecule has 7 nitrogen and oxygen atoms in total. The van der Waals surface area contributed by atoms with E-state index in [2.05, 4.69) is 10.6 Å². The Morgan fingerprint density at radius 3 is 1.89 bits per heavy atom. The highest BCUT2D eigenvalue weighted by molar-refractivity contribution is 5.74. The van der Waals surface area contributed by atoms with Crippen LogP contribution in [0.4, 0.5) is 4.79 Å². The second kappa shape index (κ2) is 11.3. The fourth-order valence-electron chi connectivity index (χ4n) is 1.47. The summed E-state index contributed by atoms with van der Waals surface area (Å²) in [4.78, 5) is 32.0. The molecule has 7 heteroatoms. The molecule has 0 aliphatic rings. The van der Waals surface area contributed by atoms with Crippen molar-refractivity contribution in [3.05, 3.63) is 0 Å². The Hall–Kier alpha value is -1.79. The van der Waals surface area contributed by atoms with Crippen molar-refractivity contribution in [1.82, 2.24) is 10.6 Å². The Kier molecular flexibility index (Phi) is 10.2.